The summed E-state index contributed by atoms with van der Waals surface area (Å²) in [5.74, 6) is 1.66. The van der Waals surface area contributed by atoms with E-state index in [0.29, 0.717) is 11.8 Å². The van der Waals surface area contributed by atoms with Gasteiger partial charge in [0.25, 0.3) is 0 Å². The van der Waals surface area contributed by atoms with Gasteiger partial charge in [-0.25, -0.2) is 0 Å². The van der Waals surface area contributed by atoms with Gasteiger partial charge in [0.05, 0.1) is 5.92 Å². The second kappa shape index (κ2) is 6.27. The molecule has 1 aliphatic rings. The maximum Gasteiger partial charge on any atom is 0.221 e. The molecule has 6 heteroatoms. The molecule has 0 spiro atoms. The van der Waals surface area contributed by atoms with Crippen LogP contribution in [0.15, 0.2) is 28.7 Å². The molecule has 1 fully saturated rings. The normalized spacial score (nSPS) is 18.5. The van der Waals surface area contributed by atoms with Gasteiger partial charge in [-0.15, -0.1) is 10.2 Å². The largest absolute Gasteiger partial charge is 0.425 e. The lowest BCUT2D eigenvalue weighted by Crippen LogP contribution is -2.19. The molecule has 1 atom stereocenters. The third kappa shape index (κ3) is 3.51. The van der Waals surface area contributed by atoms with Gasteiger partial charge in [-0.1, -0.05) is 12.1 Å². The smallest absolute Gasteiger partial charge is 0.221 e. The number of carbonyl (C=O) groups is 1. The Hall–Kier alpha value is -2.21. The molecule has 116 valence electrons. The fourth-order valence-electron chi connectivity index (χ4n) is 2.81. The number of hydrogen-bond acceptors (Lipinski definition) is 5. The fraction of sp³-hybridized carbons (Fsp3) is 0.438. The van der Waals surface area contributed by atoms with E-state index < -0.39 is 0 Å². The Kier molecular flexibility index (Phi) is 4.20. The predicted molar refractivity (Wildman–Crippen MR) is 82.4 cm³/mol. The Morgan fingerprint density at radius 3 is 2.77 bits per heavy atom. The van der Waals surface area contributed by atoms with Crippen LogP contribution in [0.25, 0.3) is 0 Å². The van der Waals surface area contributed by atoms with Crippen LogP contribution in [0.1, 0.15) is 36.6 Å². The minimum absolute atomic E-state index is 0.0509. The summed E-state index contributed by atoms with van der Waals surface area (Å²) in [6.07, 6.45) is 1.05. The van der Waals surface area contributed by atoms with Crippen molar-refractivity contribution in [2.24, 2.45) is 0 Å². The summed E-state index contributed by atoms with van der Waals surface area (Å²) in [7, 11) is 0. The standard InChI is InChI=1S/C16H20N4O2/c1-11(21)17-15-5-3-13(4-6-15)9-20-8-7-14(10-20)16-19-18-12(2)22-16/h3-6,14H,7-10H2,1-2H3,(H,17,21). The summed E-state index contributed by atoms with van der Waals surface area (Å²) in [5.41, 5.74) is 2.06. The maximum atomic E-state index is 11.0. The Bertz CT molecular complexity index is 650. The van der Waals surface area contributed by atoms with Crippen molar-refractivity contribution in [2.45, 2.75) is 32.7 Å². The van der Waals surface area contributed by atoms with Crippen LogP contribution >= 0.6 is 0 Å². The van der Waals surface area contributed by atoms with Crippen molar-refractivity contribution in [3.05, 3.63) is 41.6 Å². The molecule has 6 nitrogen and oxygen atoms in total. The molecule has 2 aromatic rings. The van der Waals surface area contributed by atoms with Gasteiger partial charge in [-0.05, 0) is 30.7 Å². The van der Waals surface area contributed by atoms with Crippen molar-refractivity contribution < 1.29 is 9.21 Å². The first-order chi connectivity index (χ1) is 10.6. The van der Waals surface area contributed by atoms with Crippen LogP contribution < -0.4 is 5.32 Å². The molecule has 1 aromatic heterocycles. The zero-order valence-electron chi connectivity index (χ0n) is 12.9. The summed E-state index contributed by atoms with van der Waals surface area (Å²) in [4.78, 5) is 13.4. The molecular weight excluding hydrogens is 280 g/mol. The average molecular weight is 300 g/mol. The average Bonchev–Trinajstić information content (AvgIpc) is 3.09. The number of hydrogen-bond donors (Lipinski definition) is 1. The Morgan fingerprint density at radius 2 is 2.14 bits per heavy atom. The summed E-state index contributed by atoms with van der Waals surface area (Å²) >= 11 is 0. The highest BCUT2D eigenvalue weighted by Crippen LogP contribution is 2.27. The number of benzene rings is 1. The molecule has 0 radical (unpaired) electrons. The van der Waals surface area contributed by atoms with E-state index in [1.54, 1.807) is 0 Å². The first-order valence-electron chi connectivity index (χ1n) is 7.49. The van der Waals surface area contributed by atoms with Crippen LogP contribution in [0.2, 0.25) is 0 Å². The van der Waals surface area contributed by atoms with E-state index in [1.165, 1.54) is 12.5 Å². The molecule has 1 amide bonds. The third-order valence-electron chi connectivity index (χ3n) is 3.84. The number of carbonyl (C=O) groups excluding carboxylic acids is 1. The number of anilines is 1. The van der Waals surface area contributed by atoms with E-state index >= 15 is 0 Å². The van der Waals surface area contributed by atoms with Crippen LogP contribution in [0.4, 0.5) is 5.69 Å². The fourth-order valence-corrected chi connectivity index (χ4v) is 2.81. The summed E-state index contributed by atoms with van der Waals surface area (Å²) in [6, 6.07) is 7.97. The molecule has 3 rings (SSSR count). The van der Waals surface area contributed by atoms with Crippen LogP contribution in [0, 0.1) is 6.92 Å². The molecule has 1 aliphatic heterocycles. The van der Waals surface area contributed by atoms with E-state index in [0.717, 1.165) is 37.6 Å². The molecule has 22 heavy (non-hydrogen) atoms. The SMILES string of the molecule is CC(=O)Nc1ccc(CN2CCC(c3nnc(C)o3)C2)cc1. The van der Waals surface area contributed by atoms with E-state index in [4.69, 9.17) is 4.42 Å². The monoisotopic (exact) mass is 300 g/mol. The minimum atomic E-state index is -0.0509. The summed E-state index contributed by atoms with van der Waals surface area (Å²) < 4.78 is 5.53. The lowest BCUT2D eigenvalue weighted by Gasteiger charge is -2.15. The number of nitrogens with one attached hydrogen (secondary N) is 1. The van der Waals surface area contributed by atoms with Crippen molar-refractivity contribution >= 4 is 11.6 Å². The Balaban J connectivity index is 1.57. The summed E-state index contributed by atoms with van der Waals surface area (Å²) in [5, 5.41) is 10.8. The number of amides is 1. The Morgan fingerprint density at radius 1 is 1.36 bits per heavy atom. The first-order valence-corrected chi connectivity index (χ1v) is 7.49. The van der Waals surface area contributed by atoms with Crippen molar-refractivity contribution in [1.82, 2.24) is 15.1 Å². The third-order valence-corrected chi connectivity index (χ3v) is 3.84. The van der Waals surface area contributed by atoms with E-state index in [1.807, 2.05) is 19.1 Å². The van der Waals surface area contributed by atoms with Gasteiger partial charge in [-0.2, -0.15) is 0 Å². The van der Waals surface area contributed by atoms with Crippen LogP contribution in [-0.4, -0.2) is 34.1 Å². The number of aryl methyl sites for hydroxylation is 1. The molecule has 1 aromatic carbocycles. The number of nitrogens with zero attached hydrogens (tertiary/aromatic N) is 3. The molecule has 0 bridgehead atoms. The zero-order valence-corrected chi connectivity index (χ0v) is 12.9. The molecule has 2 heterocycles. The van der Waals surface area contributed by atoms with E-state index in [2.05, 4.69) is 32.5 Å². The highest BCUT2D eigenvalue weighted by Gasteiger charge is 2.27. The summed E-state index contributed by atoms with van der Waals surface area (Å²) in [6.45, 7) is 6.19. The lowest BCUT2D eigenvalue weighted by molar-refractivity contribution is -0.114. The van der Waals surface area contributed by atoms with Crippen molar-refractivity contribution in [1.29, 1.82) is 0 Å². The lowest BCUT2D eigenvalue weighted by atomic mass is 10.1. The van der Waals surface area contributed by atoms with Gasteiger partial charge in [-0.3, -0.25) is 9.69 Å². The van der Waals surface area contributed by atoms with Crippen LogP contribution in [-0.2, 0) is 11.3 Å². The predicted octanol–water partition coefficient (Wildman–Crippen LogP) is 2.33. The van der Waals surface area contributed by atoms with Crippen LogP contribution in [0.5, 0.6) is 0 Å². The minimum Gasteiger partial charge on any atom is -0.425 e. The van der Waals surface area contributed by atoms with E-state index in [-0.39, 0.29) is 5.91 Å². The van der Waals surface area contributed by atoms with Gasteiger partial charge in [0.1, 0.15) is 0 Å². The van der Waals surface area contributed by atoms with Gasteiger partial charge >= 0.3 is 0 Å². The molecule has 0 saturated carbocycles. The highest BCUT2D eigenvalue weighted by atomic mass is 16.4. The van der Waals surface area contributed by atoms with E-state index in [9.17, 15) is 4.79 Å². The topological polar surface area (TPSA) is 71.3 Å². The van der Waals surface area contributed by atoms with Crippen molar-refractivity contribution in [2.75, 3.05) is 18.4 Å². The Labute approximate surface area is 129 Å². The molecular formula is C16H20N4O2. The van der Waals surface area contributed by atoms with Gasteiger partial charge in [0.2, 0.25) is 17.7 Å². The van der Waals surface area contributed by atoms with Gasteiger partial charge in [0, 0.05) is 32.6 Å². The molecule has 1 unspecified atom stereocenters. The number of aromatic nitrogens is 2. The van der Waals surface area contributed by atoms with Crippen molar-refractivity contribution in [3.63, 3.8) is 0 Å². The zero-order chi connectivity index (χ0) is 15.5. The quantitative estimate of drug-likeness (QED) is 0.938. The molecule has 1 saturated heterocycles. The second-order valence-electron chi connectivity index (χ2n) is 5.76. The highest BCUT2D eigenvalue weighted by molar-refractivity contribution is 5.88. The van der Waals surface area contributed by atoms with Crippen LogP contribution in [0.3, 0.4) is 0 Å². The maximum absolute atomic E-state index is 11.0. The second-order valence-corrected chi connectivity index (χ2v) is 5.76. The van der Waals surface area contributed by atoms with Gasteiger partial charge < -0.3 is 9.73 Å². The van der Waals surface area contributed by atoms with Gasteiger partial charge in [0.15, 0.2) is 0 Å². The number of rotatable bonds is 4. The first kappa shape index (κ1) is 14.7. The number of likely N-dealkylation sites (tertiary alicyclic amines) is 1. The van der Waals surface area contributed by atoms with Crippen molar-refractivity contribution in [3.8, 4) is 0 Å². The molecule has 0 aliphatic carbocycles. The molecule has 1 N–H and O–H groups in total.